The SMILES string of the molecule is CC(C)N(C)C(=O)C(C)N1CCCc2c(N)cccc21. The monoisotopic (exact) mass is 275 g/mol. The van der Waals surface area contributed by atoms with Crippen molar-refractivity contribution in [3.05, 3.63) is 23.8 Å². The highest BCUT2D eigenvalue weighted by molar-refractivity contribution is 5.86. The zero-order valence-electron chi connectivity index (χ0n) is 12.9. The molecular formula is C16H25N3O. The lowest BCUT2D eigenvalue weighted by Crippen LogP contribution is -2.49. The average Bonchev–Trinajstić information content (AvgIpc) is 2.44. The van der Waals surface area contributed by atoms with Crippen LogP contribution in [0.1, 0.15) is 32.8 Å². The number of anilines is 2. The van der Waals surface area contributed by atoms with Crippen LogP contribution in [0.15, 0.2) is 18.2 Å². The van der Waals surface area contributed by atoms with Gasteiger partial charge in [-0.2, -0.15) is 0 Å². The molecule has 1 heterocycles. The summed E-state index contributed by atoms with van der Waals surface area (Å²) in [6, 6.07) is 6.05. The van der Waals surface area contributed by atoms with Crippen molar-refractivity contribution in [2.45, 2.75) is 45.7 Å². The quantitative estimate of drug-likeness (QED) is 0.861. The fourth-order valence-corrected chi connectivity index (χ4v) is 2.76. The lowest BCUT2D eigenvalue weighted by Gasteiger charge is -2.38. The summed E-state index contributed by atoms with van der Waals surface area (Å²) in [5.74, 6) is 0.162. The Morgan fingerprint density at radius 2 is 2.05 bits per heavy atom. The zero-order valence-corrected chi connectivity index (χ0v) is 12.9. The number of rotatable bonds is 3. The highest BCUT2D eigenvalue weighted by atomic mass is 16.2. The summed E-state index contributed by atoms with van der Waals surface area (Å²) in [5, 5.41) is 0. The molecular weight excluding hydrogens is 250 g/mol. The van der Waals surface area contributed by atoms with Gasteiger partial charge in [0.25, 0.3) is 0 Å². The average molecular weight is 275 g/mol. The molecule has 0 fully saturated rings. The van der Waals surface area contributed by atoms with E-state index in [-0.39, 0.29) is 18.0 Å². The van der Waals surface area contributed by atoms with Gasteiger partial charge in [-0.25, -0.2) is 0 Å². The number of benzene rings is 1. The second kappa shape index (κ2) is 5.73. The molecule has 0 saturated heterocycles. The van der Waals surface area contributed by atoms with Crippen LogP contribution in [-0.2, 0) is 11.2 Å². The Labute approximate surface area is 121 Å². The maximum atomic E-state index is 12.5. The van der Waals surface area contributed by atoms with Crippen LogP contribution in [-0.4, -0.2) is 36.5 Å². The summed E-state index contributed by atoms with van der Waals surface area (Å²) in [4.78, 5) is 16.5. The maximum Gasteiger partial charge on any atom is 0.244 e. The molecule has 4 heteroatoms. The minimum Gasteiger partial charge on any atom is -0.398 e. The molecule has 20 heavy (non-hydrogen) atoms. The minimum absolute atomic E-state index is 0.150. The van der Waals surface area contributed by atoms with Crippen LogP contribution in [0.3, 0.4) is 0 Å². The van der Waals surface area contributed by atoms with Gasteiger partial charge in [0.15, 0.2) is 0 Å². The maximum absolute atomic E-state index is 12.5. The summed E-state index contributed by atoms with van der Waals surface area (Å²) in [6.45, 7) is 6.97. The molecule has 1 aliphatic rings. The second-order valence-electron chi connectivity index (χ2n) is 5.86. The van der Waals surface area contributed by atoms with Crippen LogP contribution in [0.5, 0.6) is 0 Å². The predicted molar refractivity (Wildman–Crippen MR) is 83.9 cm³/mol. The smallest absolute Gasteiger partial charge is 0.244 e. The molecule has 4 nitrogen and oxygen atoms in total. The van der Waals surface area contributed by atoms with Crippen molar-refractivity contribution in [1.82, 2.24) is 4.90 Å². The van der Waals surface area contributed by atoms with Crippen molar-refractivity contribution in [2.75, 3.05) is 24.2 Å². The van der Waals surface area contributed by atoms with Gasteiger partial charge in [-0.05, 0) is 51.3 Å². The molecule has 1 amide bonds. The lowest BCUT2D eigenvalue weighted by molar-refractivity contribution is -0.132. The van der Waals surface area contributed by atoms with Crippen molar-refractivity contribution in [3.63, 3.8) is 0 Å². The van der Waals surface area contributed by atoms with E-state index >= 15 is 0 Å². The number of nitrogens with zero attached hydrogens (tertiary/aromatic N) is 2. The molecule has 0 saturated carbocycles. The molecule has 0 aromatic heterocycles. The Bertz CT molecular complexity index is 498. The van der Waals surface area contributed by atoms with Gasteiger partial charge in [0.05, 0.1) is 0 Å². The van der Waals surface area contributed by atoms with Crippen LogP contribution in [0.25, 0.3) is 0 Å². The first-order valence-corrected chi connectivity index (χ1v) is 7.34. The summed E-state index contributed by atoms with van der Waals surface area (Å²) in [5.41, 5.74) is 9.21. The molecule has 1 unspecified atom stereocenters. The fraction of sp³-hybridized carbons (Fsp3) is 0.562. The van der Waals surface area contributed by atoms with Gasteiger partial charge in [0, 0.05) is 31.0 Å². The van der Waals surface area contributed by atoms with Crippen molar-refractivity contribution < 1.29 is 4.79 Å². The number of carbonyl (C=O) groups excluding carboxylic acids is 1. The summed E-state index contributed by atoms with van der Waals surface area (Å²) >= 11 is 0. The Kier molecular flexibility index (Phi) is 4.21. The first-order valence-electron chi connectivity index (χ1n) is 7.34. The van der Waals surface area contributed by atoms with E-state index < -0.39 is 0 Å². The number of nitrogens with two attached hydrogens (primary N) is 1. The van der Waals surface area contributed by atoms with Crippen LogP contribution >= 0.6 is 0 Å². The van der Waals surface area contributed by atoms with Gasteiger partial charge >= 0.3 is 0 Å². The standard InChI is InChI=1S/C16H25N3O/c1-11(2)18(4)16(20)12(3)19-10-6-7-13-14(17)8-5-9-15(13)19/h5,8-9,11-12H,6-7,10,17H2,1-4H3. The van der Waals surface area contributed by atoms with Gasteiger partial charge in [-0.3, -0.25) is 4.79 Å². The first kappa shape index (κ1) is 14.7. The number of fused-ring (bicyclic) bond motifs is 1. The fourth-order valence-electron chi connectivity index (χ4n) is 2.76. The van der Waals surface area contributed by atoms with Crippen molar-refractivity contribution in [2.24, 2.45) is 0 Å². The van der Waals surface area contributed by atoms with Gasteiger partial charge < -0.3 is 15.5 Å². The zero-order chi connectivity index (χ0) is 14.9. The molecule has 1 atom stereocenters. The molecule has 110 valence electrons. The second-order valence-corrected chi connectivity index (χ2v) is 5.86. The number of nitrogen functional groups attached to an aromatic ring is 1. The summed E-state index contributed by atoms with van der Waals surface area (Å²) in [6.07, 6.45) is 2.05. The van der Waals surface area contributed by atoms with Crippen molar-refractivity contribution in [1.29, 1.82) is 0 Å². The van der Waals surface area contributed by atoms with E-state index in [2.05, 4.69) is 11.0 Å². The van der Waals surface area contributed by atoms with Crippen molar-refractivity contribution >= 4 is 17.3 Å². The summed E-state index contributed by atoms with van der Waals surface area (Å²) < 4.78 is 0. The van der Waals surface area contributed by atoms with Gasteiger partial charge in [-0.1, -0.05) is 6.07 Å². The van der Waals surface area contributed by atoms with Gasteiger partial charge in [0.2, 0.25) is 5.91 Å². The number of carbonyl (C=O) groups is 1. The van der Waals surface area contributed by atoms with E-state index in [1.54, 1.807) is 0 Å². The number of hydrogen-bond donors (Lipinski definition) is 1. The van der Waals surface area contributed by atoms with Crippen LogP contribution in [0.4, 0.5) is 11.4 Å². The van der Waals surface area contributed by atoms with Crippen LogP contribution < -0.4 is 10.6 Å². The Hall–Kier alpha value is -1.71. The molecule has 2 rings (SSSR count). The normalized spacial score (nSPS) is 15.9. The lowest BCUT2D eigenvalue weighted by atomic mass is 9.98. The first-order chi connectivity index (χ1) is 9.43. The van der Waals surface area contributed by atoms with E-state index in [1.165, 1.54) is 5.56 Å². The Morgan fingerprint density at radius 3 is 2.70 bits per heavy atom. The topological polar surface area (TPSA) is 49.6 Å². The highest BCUT2D eigenvalue weighted by Gasteiger charge is 2.29. The van der Waals surface area contributed by atoms with Crippen LogP contribution in [0.2, 0.25) is 0 Å². The van der Waals surface area contributed by atoms with Crippen molar-refractivity contribution in [3.8, 4) is 0 Å². The van der Waals surface area contributed by atoms with E-state index in [0.717, 1.165) is 30.8 Å². The molecule has 0 aliphatic carbocycles. The van der Waals surface area contributed by atoms with E-state index in [9.17, 15) is 4.79 Å². The number of hydrogen-bond acceptors (Lipinski definition) is 3. The number of likely N-dealkylation sites (N-methyl/N-ethyl adjacent to an activating group) is 1. The van der Waals surface area contributed by atoms with E-state index in [1.807, 2.05) is 44.9 Å². The molecule has 2 N–H and O–H groups in total. The van der Waals surface area contributed by atoms with Gasteiger partial charge in [-0.15, -0.1) is 0 Å². The Morgan fingerprint density at radius 1 is 1.35 bits per heavy atom. The predicted octanol–water partition coefficient (Wildman–Crippen LogP) is 2.28. The Balaban J connectivity index is 2.27. The van der Waals surface area contributed by atoms with E-state index in [4.69, 9.17) is 5.73 Å². The minimum atomic E-state index is -0.150. The molecule has 1 aromatic rings. The molecule has 1 aromatic carbocycles. The summed E-state index contributed by atoms with van der Waals surface area (Å²) in [7, 11) is 1.87. The van der Waals surface area contributed by atoms with Gasteiger partial charge in [0.1, 0.15) is 6.04 Å². The number of amides is 1. The largest absolute Gasteiger partial charge is 0.398 e. The molecule has 0 spiro atoms. The third-order valence-electron chi connectivity index (χ3n) is 4.27. The third kappa shape index (κ3) is 2.60. The third-order valence-corrected chi connectivity index (χ3v) is 4.27. The highest BCUT2D eigenvalue weighted by Crippen LogP contribution is 2.32. The molecule has 0 radical (unpaired) electrons. The molecule has 1 aliphatic heterocycles. The van der Waals surface area contributed by atoms with E-state index in [0.29, 0.717) is 0 Å². The van der Waals surface area contributed by atoms with Crippen LogP contribution in [0, 0.1) is 0 Å². The molecule has 0 bridgehead atoms.